The van der Waals surface area contributed by atoms with Gasteiger partial charge in [-0.15, -0.1) is 0 Å². The molecule has 0 radical (unpaired) electrons. The minimum absolute atomic E-state index is 0.165. The van der Waals surface area contributed by atoms with Crippen LogP contribution in [-0.2, 0) is 4.79 Å². The molecule has 0 aliphatic carbocycles. The lowest BCUT2D eigenvalue weighted by molar-refractivity contribution is -0.123. The molecule has 2 aromatic rings. The number of nitrogens with one attached hydrogen (secondary N) is 1. The van der Waals surface area contributed by atoms with Gasteiger partial charge < -0.3 is 15.2 Å². The van der Waals surface area contributed by atoms with Gasteiger partial charge in [0.1, 0.15) is 11.5 Å². The SMILES string of the molecule is CCCCC(Oc1ccc(C)cc1C)C(=O)Nc1ccc(C)c(O)c1. The fourth-order valence-corrected chi connectivity index (χ4v) is 2.63. The second-order valence-corrected chi connectivity index (χ2v) is 6.51. The quantitative estimate of drug-likeness (QED) is 0.753. The molecular weight excluding hydrogens is 314 g/mol. The van der Waals surface area contributed by atoms with Crippen molar-refractivity contribution in [2.45, 2.75) is 53.1 Å². The van der Waals surface area contributed by atoms with Gasteiger partial charge in [0.2, 0.25) is 0 Å². The Bertz CT molecular complexity index is 740. The number of carbonyl (C=O) groups excluding carboxylic acids is 1. The van der Waals surface area contributed by atoms with Crippen molar-refractivity contribution in [2.75, 3.05) is 5.32 Å². The molecule has 1 atom stereocenters. The number of hydrogen-bond acceptors (Lipinski definition) is 3. The second kappa shape index (κ2) is 8.56. The number of carbonyl (C=O) groups is 1. The Hall–Kier alpha value is -2.49. The normalized spacial score (nSPS) is 11.8. The molecule has 0 bridgehead atoms. The summed E-state index contributed by atoms with van der Waals surface area (Å²) in [6, 6.07) is 11.0. The van der Waals surface area contributed by atoms with E-state index in [0.717, 1.165) is 35.3 Å². The van der Waals surface area contributed by atoms with Crippen molar-refractivity contribution in [3.63, 3.8) is 0 Å². The number of hydrogen-bond donors (Lipinski definition) is 2. The van der Waals surface area contributed by atoms with E-state index in [1.165, 1.54) is 0 Å². The van der Waals surface area contributed by atoms with Crippen LogP contribution < -0.4 is 10.1 Å². The van der Waals surface area contributed by atoms with Crippen LogP contribution in [0.4, 0.5) is 5.69 Å². The van der Waals surface area contributed by atoms with Crippen molar-refractivity contribution >= 4 is 11.6 Å². The van der Waals surface area contributed by atoms with Crippen LogP contribution in [0.1, 0.15) is 42.9 Å². The molecular formula is C21H27NO3. The van der Waals surface area contributed by atoms with Gasteiger partial charge in [0.05, 0.1) is 0 Å². The molecule has 0 fully saturated rings. The Morgan fingerprint density at radius 2 is 1.88 bits per heavy atom. The predicted molar refractivity (Wildman–Crippen MR) is 101 cm³/mol. The van der Waals surface area contributed by atoms with Crippen LogP contribution in [0.15, 0.2) is 36.4 Å². The minimum Gasteiger partial charge on any atom is -0.508 e. The molecule has 2 N–H and O–H groups in total. The van der Waals surface area contributed by atoms with Crippen molar-refractivity contribution in [1.82, 2.24) is 0 Å². The summed E-state index contributed by atoms with van der Waals surface area (Å²) in [7, 11) is 0. The first kappa shape index (κ1) is 18.8. The molecule has 1 unspecified atom stereocenters. The number of aryl methyl sites for hydroxylation is 3. The second-order valence-electron chi connectivity index (χ2n) is 6.51. The molecule has 2 rings (SSSR count). The number of phenolic OH excluding ortho intramolecular Hbond substituents is 1. The Kier molecular flexibility index (Phi) is 6.45. The van der Waals surface area contributed by atoms with Crippen LogP contribution >= 0.6 is 0 Å². The Morgan fingerprint density at radius 3 is 2.52 bits per heavy atom. The van der Waals surface area contributed by atoms with Crippen LogP contribution in [0.25, 0.3) is 0 Å². The lowest BCUT2D eigenvalue weighted by Crippen LogP contribution is -2.33. The van der Waals surface area contributed by atoms with E-state index in [1.807, 2.05) is 39.0 Å². The third-order valence-corrected chi connectivity index (χ3v) is 4.19. The van der Waals surface area contributed by atoms with E-state index in [1.54, 1.807) is 18.2 Å². The molecule has 0 aliphatic heterocycles. The van der Waals surface area contributed by atoms with Gasteiger partial charge in [-0.25, -0.2) is 0 Å². The summed E-state index contributed by atoms with van der Waals surface area (Å²) in [5.74, 6) is 0.698. The number of phenols is 1. The van der Waals surface area contributed by atoms with Gasteiger partial charge in [-0.05, 0) is 56.9 Å². The van der Waals surface area contributed by atoms with Gasteiger partial charge in [-0.1, -0.05) is 37.1 Å². The summed E-state index contributed by atoms with van der Waals surface area (Å²) in [5.41, 5.74) is 3.52. The summed E-state index contributed by atoms with van der Waals surface area (Å²) in [6.45, 7) is 7.91. The Morgan fingerprint density at radius 1 is 1.12 bits per heavy atom. The van der Waals surface area contributed by atoms with E-state index in [9.17, 15) is 9.90 Å². The lowest BCUT2D eigenvalue weighted by atomic mass is 10.1. The highest BCUT2D eigenvalue weighted by molar-refractivity contribution is 5.94. The number of unbranched alkanes of at least 4 members (excludes halogenated alkanes) is 1. The third kappa shape index (κ3) is 5.24. The zero-order valence-electron chi connectivity index (χ0n) is 15.4. The highest BCUT2D eigenvalue weighted by Crippen LogP contribution is 2.24. The van der Waals surface area contributed by atoms with E-state index in [-0.39, 0.29) is 11.7 Å². The van der Waals surface area contributed by atoms with E-state index in [2.05, 4.69) is 12.2 Å². The van der Waals surface area contributed by atoms with Gasteiger partial charge in [-0.2, -0.15) is 0 Å². The van der Waals surface area contributed by atoms with Crippen molar-refractivity contribution in [3.8, 4) is 11.5 Å². The number of aromatic hydroxyl groups is 1. The summed E-state index contributed by atoms with van der Waals surface area (Å²) >= 11 is 0. The van der Waals surface area contributed by atoms with Crippen molar-refractivity contribution in [2.24, 2.45) is 0 Å². The highest BCUT2D eigenvalue weighted by atomic mass is 16.5. The van der Waals surface area contributed by atoms with Gasteiger partial charge in [0, 0.05) is 11.8 Å². The topological polar surface area (TPSA) is 58.6 Å². The average molecular weight is 341 g/mol. The molecule has 2 aromatic carbocycles. The van der Waals surface area contributed by atoms with Gasteiger partial charge in [0.15, 0.2) is 6.10 Å². The number of benzene rings is 2. The summed E-state index contributed by atoms with van der Waals surface area (Å²) in [4.78, 5) is 12.7. The fourth-order valence-electron chi connectivity index (χ4n) is 2.63. The van der Waals surface area contributed by atoms with E-state index in [0.29, 0.717) is 12.1 Å². The molecule has 134 valence electrons. The fraction of sp³-hybridized carbons (Fsp3) is 0.381. The molecule has 0 saturated heterocycles. The maximum absolute atomic E-state index is 12.7. The largest absolute Gasteiger partial charge is 0.508 e. The molecule has 0 aliphatic rings. The minimum atomic E-state index is -0.565. The molecule has 1 amide bonds. The zero-order valence-corrected chi connectivity index (χ0v) is 15.4. The summed E-state index contributed by atoms with van der Waals surface area (Å²) < 4.78 is 6.02. The Labute approximate surface area is 149 Å². The molecule has 4 nitrogen and oxygen atoms in total. The zero-order chi connectivity index (χ0) is 18.4. The van der Waals surface area contributed by atoms with Crippen molar-refractivity contribution in [3.05, 3.63) is 53.1 Å². The van der Waals surface area contributed by atoms with Crippen molar-refractivity contribution in [1.29, 1.82) is 0 Å². The molecule has 4 heteroatoms. The molecule has 25 heavy (non-hydrogen) atoms. The summed E-state index contributed by atoms with van der Waals surface area (Å²) in [6.07, 6.45) is 1.98. The number of amides is 1. The monoisotopic (exact) mass is 341 g/mol. The first-order chi connectivity index (χ1) is 11.9. The first-order valence-corrected chi connectivity index (χ1v) is 8.75. The van der Waals surface area contributed by atoms with Crippen LogP contribution in [0.5, 0.6) is 11.5 Å². The standard InChI is InChI=1S/C21H27NO3/c1-5-6-7-20(25-19-11-8-14(2)12-16(19)4)21(24)22-17-10-9-15(3)18(23)13-17/h8-13,20,23H,5-7H2,1-4H3,(H,22,24). The summed E-state index contributed by atoms with van der Waals surface area (Å²) in [5, 5.41) is 12.7. The van der Waals surface area contributed by atoms with Crippen LogP contribution in [0.3, 0.4) is 0 Å². The number of ether oxygens (including phenoxy) is 1. The highest BCUT2D eigenvalue weighted by Gasteiger charge is 2.21. The van der Waals surface area contributed by atoms with Gasteiger partial charge in [0.25, 0.3) is 5.91 Å². The van der Waals surface area contributed by atoms with Crippen LogP contribution in [0, 0.1) is 20.8 Å². The van der Waals surface area contributed by atoms with E-state index >= 15 is 0 Å². The average Bonchev–Trinajstić information content (AvgIpc) is 2.56. The third-order valence-electron chi connectivity index (χ3n) is 4.19. The van der Waals surface area contributed by atoms with Crippen LogP contribution in [-0.4, -0.2) is 17.1 Å². The molecule has 0 spiro atoms. The Balaban J connectivity index is 2.14. The molecule has 0 aromatic heterocycles. The molecule has 0 heterocycles. The van der Waals surface area contributed by atoms with Crippen molar-refractivity contribution < 1.29 is 14.6 Å². The molecule has 0 saturated carbocycles. The maximum atomic E-state index is 12.7. The number of anilines is 1. The maximum Gasteiger partial charge on any atom is 0.265 e. The first-order valence-electron chi connectivity index (χ1n) is 8.75. The smallest absolute Gasteiger partial charge is 0.265 e. The van der Waals surface area contributed by atoms with E-state index in [4.69, 9.17) is 4.74 Å². The van der Waals surface area contributed by atoms with Gasteiger partial charge in [-0.3, -0.25) is 4.79 Å². The van der Waals surface area contributed by atoms with Gasteiger partial charge >= 0.3 is 0 Å². The predicted octanol–water partition coefficient (Wildman–Crippen LogP) is 4.89. The van der Waals surface area contributed by atoms with E-state index < -0.39 is 6.10 Å². The lowest BCUT2D eigenvalue weighted by Gasteiger charge is -2.20. The number of rotatable bonds is 7. The van der Waals surface area contributed by atoms with Crippen LogP contribution in [0.2, 0.25) is 0 Å².